The predicted octanol–water partition coefficient (Wildman–Crippen LogP) is 2.50. The average Bonchev–Trinajstić information content (AvgIpc) is 2.71. The number of rotatable bonds is 8. The number of benzene rings is 2. The number of amides is 2. The number of carbonyl (C=O) groups excluding carboxylic acids is 3. The molecule has 148 valence electrons. The van der Waals surface area contributed by atoms with Crippen molar-refractivity contribution in [3.05, 3.63) is 64.7 Å². The molecule has 0 aliphatic heterocycles. The number of methoxy groups -OCH3 is 1. The Kier molecular flexibility index (Phi) is 7.83. The third-order valence-corrected chi connectivity index (χ3v) is 4.11. The first-order chi connectivity index (χ1) is 13.4. The quantitative estimate of drug-likeness (QED) is 0.659. The summed E-state index contributed by atoms with van der Waals surface area (Å²) in [6, 6.07) is 13.2. The maximum atomic E-state index is 12.0. The van der Waals surface area contributed by atoms with Crippen LogP contribution in [-0.4, -0.2) is 38.0 Å². The molecule has 2 aromatic rings. The van der Waals surface area contributed by atoms with E-state index in [-0.39, 0.29) is 12.6 Å². The van der Waals surface area contributed by atoms with Gasteiger partial charge in [0.15, 0.2) is 6.61 Å². The Labute approximate surface area is 168 Å². The second-order valence-corrected chi connectivity index (χ2v) is 6.35. The van der Waals surface area contributed by atoms with E-state index in [1.54, 1.807) is 55.5 Å². The van der Waals surface area contributed by atoms with Crippen LogP contribution in [0.5, 0.6) is 5.75 Å². The Hall–Kier alpha value is -3.06. The molecule has 0 bridgehead atoms. The van der Waals surface area contributed by atoms with Gasteiger partial charge in [0.25, 0.3) is 11.8 Å². The Bertz CT molecular complexity index is 821. The molecule has 0 fully saturated rings. The number of nitrogens with one attached hydrogen (secondary N) is 2. The predicted molar refractivity (Wildman–Crippen MR) is 104 cm³/mol. The summed E-state index contributed by atoms with van der Waals surface area (Å²) in [4.78, 5) is 35.6. The molecule has 0 aliphatic rings. The lowest BCUT2D eigenvalue weighted by Crippen LogP contribution is -2.34. The minimum absolute atomic E-state index is 0.266. The summed E-state index contributed by atoms with van der Waals surface area (Å²) in [5.41, 5.74) is 1.25. The van der Waals surface area contributed by atoms with Gasteiger partial charge in [0.2, 0.25) is 0 Å². The molecule has 2 rings (SSSR count). The molecular weight excluding hydrogens is 384 g/mol. The van der Waals surface area contributed by atoms with Crippen LogP contribution in [0.4, 0.5) is 0 Å². The van der Waals surface area contributed by atoms with Crippen molar-refractivity contribution in [2.45, 2.75) is 13.0 Å². The van der Waals surface area contributed by atoms with E-state index in [0.717, 1.165) is 5.56 Å². The van der Waals surface area contributed by atoms with Crippen molar-refractivity contribution in [3.63, 3.8) is 0 Å². The molecule has 0 aliphatic carbocycles. The number of hydrogen-bond donors (Lipinski definition) is 2. The minimum atomic E-state index is -0.712. The van der Waals surface area contributed by atoms with Gasteiger partial charge in [0, 0.05) is 10.6 Å². The van der Waals surface area contributed by atoms with Gasteiger partial charge in [0.1, 0.15) is 12.3 Å². The van der Waals surface area contributed by atoms with Gasteiger partial charge in [-0.3, -0.25) is 14.4 Å². The third kappa shape index (κ3) is 6.59. The fourth-order valence-electron chi connectivity index (χ4n) is 2.31. The molecule has 0 saturated heterocycles. The van der Waals surface area contributed by atoms with Crippen LogP contribution < -0.4 is 15.4 Å². The molecule has 0 aromatic heterocycles. The van der Waals surface area contributed by atoms with Gasteiger partial charge in [-0.1, -0.05) is 23.7 Å². The first-order valence-electron chi connectivity index (χ1n) is 8.51. The van der Waals surface area contributed by atoms with Crippen LogP contribution in [-0.2, 0) is 14.3 Å². The Morgan fingerprint density at radius 2 is 1.68 bits per heavy atom. The first kappa shape index (κ1) is 21.2. The normalized spacial score (nSPS) is 11.2. The third-order valence-electron chi connectivity index (χ3n) is 3.86. The Morgan fingerprint density at radius 3 is 2.29 bits per heavy atom. The van der Waals surface area contributed by atoms with Gasteiger partial charge in [-0.05, 0) is 48.9 Å². The van der Waals surface area contributed by atoms with Crippen LogP contribution >= 0.6 is 11.6 Å². The number of ether oxygens (including phenoxy) is 2. The van der Waals surface area contributed by atoms with E-state index >= 15 is 0 Å². The van der Waals surface area contributed by atoms with Crippen LogP contribution in [0.25, 0.3) is 0 Å². The molecule has 0 saturated carbocycles. The number of hydrogen-bond acceptors (Lipinski definition) is 5. The van der Waals surface area contributed by atoms with Crippen molar-refractivity contribution in [2.75, 3.05) is 20.3 Å². The molecule has 0 unspecified atom stereocenters. The van der Waals surface area contributed by atoms with Crippen LogP contribution in [0.15, 0.2) is 48.5 Å². The zero-order chi connectivity index (χ0) is 20.5. The maximum absolute atomic E-state index is 12.0. The zero-order valence-electron chi connectivity index (χ0n) is 15.5. The highest BCUT2D eigenvalue weighted by atomic mass is 35.5. The summed E-state index contributed by atoms with van der Waals surface area (Å²) in [6.07, 6.45) is 0. The van der Waals surface area contributed by atoms with Crippen molar-refractivity contribution in [1.29, 1.82) is 0 Å². The lowest BCUT2D eigenvalue weighted by Gasteiger charge is -2.14. The van der Waals surface area contributed by atoms with Crippen molar-refractivity contribution in [2.24, 2.45) is 0 Å². The van der Waals surface area contributed by atoms with E-state index in [9.17, 15) is 14.4 Å². The summed E-state index contributed by atoms with van der Waals surface area (Å²) in [5.74, 6) is -0.969. The van der Waals surface area contributed by atoms with Crippen molar-refractivity contribution in [3.8, 4) is 5.75 Å². The van der Waals surface area contributed by atoms with E-state index in [0.29, 0.717) is 16.3 Å². The molecule has 28 heavy (non-hydrogen) atoms. The standard InChI is InChI=1S/C20H21ClN2O5/c1-13(14-3-7-16(21)8-4-14)23-18(24)12-28-19(25)11-22-20(26)15-5-9-17(27-2)10-6-15/h3-10,13H,11-12H2,1-2H3,(H,22,26)(H,23,24)/t13-/m1/s1. The van der Waals surface area contributed by atoms with E-state index in [2.05, 4.69) is 10.6 Å². The summed E-state index contributed by atoms with van der Waals surface area (Å²) in [5, 5.41) is 5.75. The number of esters is 1. The maximum Gasteiger partial charge on any atom is 0.325 e. The molecular formula is C20H21ClN2O5. The zero-order valence-corrected chi connectivity index (χ0v) is 16.3. The Balaban J connectivity index is 1.71. The summed E-state index contributed by atoms with van der Waals surface area (Å²) >= 11 is 5.83. The molecule has 0 radical (unpaired) electrons. The molecule has 2 aromatic carbocycles. The molecule has 0 heterocycles. The monoisotopic (exact) mass is 404 g/mol. The van der Waals surface area contributed by atoms with Crippen molar-refractivity contribution < 1.29 is 23.9 Å². The average molecular weight is 405 g/mol. The van der Waals surface area contributed by atoms with E-state index in [4.69, 9.17) is 21.1 Å². The highest BCUT2D eigenvalue weighted by Gasteiger charge is 2.13. The number of halogens is 1. The largest absolute Gasteiger partial charge is 0.497 e. The van der Waals surface area contributed by atoms with Gasteiger partial charge >= 0.3 is 5.97 Å². The van der Waals surface area contributed by atoms with Crippen LogP contribution in [0.1, 0.15) is 28.9 Å². The lowest BCUT2D eigenvalue weighted by molar-refractivity contribution is -0.147. The fraction of sp³-hybridized carbons (Fsp3) is 0.250. The van der Waals surface area contributed by atoms with Gasteiger partial charge in [-0.25, -0.2) is 0 Å². The Morgan fingerprint density at radius 1 is 1.04 bits per heavy atom. The van der Waals surface area contributed by atoms with Crippen molar-refractivity contribution in [1.82, 2.24) is 10.6 Å². The topological polar surface area (TPSA) is 93.7 Å². The molecule has 2 N–H and O–H groups in total. The second-order valence-electron chi connectivity index (χ2n) is 5.91. The van der Waals surface area contributed by atoms with Gasteiger partial charge < -0.3 is 20.1 Å². The van der Waals surface area contributed by atoms with Crippen LogP contribution in [0.2, 0.25) is 5.02 Å². The van der Waals surface area contributed by atoms with Gasteiger partial charge in [0.05, 0.1) is 13.2 Å². The SMILES string of the molecule is COc1ccc(C(=O)NCC(=O)OCC(=O)N[C@H](C)c2ccc(Cl)cc2)cc1. The fourth-order valence-corrected chi connectivity index (χ4v) is 2.44. The second kappa shape index (κ2) is 10.3. The van der Waals surface area contributed by atoms with Gasteiger partial charge in [-0.15, -0.1) is 0 Å². The van der Waals surface area contributed by atoms with Crippen LogP contribution in [0, 0.1) is 0 Å². The molecule has 2 amide bonds. The summed E-state index contributed by atoms with van der Waals surface area (Å²) in [7, 11) is 1.53. The van der Waals surface area contributed by atoms with E-state index in [1.165, 1.54) is 7.11 Å². The van der Waals surface area contributed by atoms with Crippen LogP contribution in [0.3, 0.4) is 0 Å². The number of carbonyl (C=O) groups is 3. The first-order valence-corrected chi connectivity index (χ1v) is 8.89. The van der Waals surface area contributed by atoms with Gasteiger partial charge in [-0.2, -0.15) is 0 Å². The highest BCUT2D eigenvalue weighted by molar-refractivity contribution is 6.30. The molecule has 0 spiro atoms. The van der Waals surface area contributed by atoms with Crippen molar-refractivity contribution >= 4 is 29.4 Å². The van der Waals surface area contributed by atoms with E-state index in [1.807, 2.05) is 0 Å². The minimum Gasteiger partial charge on any atom is -0.497 e. The molecule has 1 atom stereocenters. The highest BCUT2D eigenvalue weighted by Crippen LogP contribution is 2.15. The molecule has 8 heteroatoms. The smallest absolute Gasteiger partial charge is 0.325 e. The lowest BCUT2D eigenvalue weighted by atomic mass is 10.1. The van der Waals surface area contributed by atoms with E-state index < -0.39 is 24.4 Å². The molecule has 7 nitrogen and oxygen atoms in total. The summed E-state index contributed by atoms with van der Waals surface area (Å²) in [6.45, 7) is 1.03. The summed E-state index contributed by atoms with van der Waals surface area (Å²) < 4.78 is 9.89.